The van der Waals surface area contributed by atoms with Gasteiger partial charge in [-0.1, -0.05) is 79.4 Å². The van der Waals surface area contributed by atoms with Crippen molar-refractivity contribution in [3.63, 3.8) is 0 Å². The first-order valence-electron chi connectivity index (χ1n) is 17.0. The molecule has 0 radical (unpaired) electrons. The minimum Gasteiger partial charge on any atom is -0.368 e. The Morgan fingerprint density at radius 1 is 0.432 bits per heavy atom. The minimum atomic E-state index is 0.790. The number of benzene rings is 3. The van der Waals surface area contributed by atoms with E-state index in [1.54, 1.807) is 0 Å². The molecular weight excluding hydrogens is 540 g/mol. The van der Waals surface area contributed by atoms with Crippen LogP contribution in [0.5, 0.6) is 0 Å². The van der Waals surface area contributed by atoms with Crippen molar-refractivity contribution >= 4 is 0 Å². The van der Waals surface area contributed by atoms with E-state index in [-0.39, 0.29) is 0 Å². The Balaban J connectivity index is 1.31. The van der Waals surface area contributed by atoms with E-state index in [0.29, 0.717) is 0 Å². The SMILES string of the molecule is C=C1NCc2ccc(cc2)CNCCN2CCCCc3ccc(cc3)CCCCN1CCNCc1ccc(cc1)CNCC2. The van der Waals surface area contributed by atoms with E-state index in [4.69, 9.17) is 0 Å². The van der Waals surface area contributed by atoms with E-state index in [1.165, 1.54) is 52.6 Å². The summed E-state index contributed by atoms with van der Waals surface area (Å²) in [5.74, 6) is 1.01. The van der Waals surface area contributed by atoms with Crippen LogP contribution in [-0.4, -0.2) is 62.2 Å². The van der Waals surface area contributed by atoms with Crippen LogP contribution in [0.3, 0.4) is 0 Å². The zero-order chi connectivity index (χ0) is 30.2. The lowest BCUT2D eigenvalue weighted by Crippen LogP contribution is -2.37. The summed E-state index contributed by atoms with van der Waals surface area (Å²) < 4.78 is 0. The molecule has 0 spiro atoms. The highest BCUT2D eigenvalue weighted by Crippen LogP contribution is 2.13. The van der Waals surface area contributed by atoms with Crippen LogP contribution in [0.4, 0.5) is 0 Å². The predicted molar refractivity (Wildman–Crippen MR) is 184 cm³/mol. The van der Waals surface area contributed by atoms with Crippen LogP contribution in [0.2, 0.25) is 0 Å². The number of nitrogens with one attached hydrogen (secondary N) is 4. The Labute approximate surface area is 266 Å². The molecule has 0 aromatic heterocycles. The average molecular weight is 595 g/mol. The van der Waals surface area contributed by atoms with Gasteiger partial charge in [-0.05, 0) is 78.5 Å². The Bertz CT molecular complexity index is 1170. The van der Waals surface area contributed by atoms with E-state index in [0.717, 1.165) is 104 Å². The molecule has 236 valence electrons. The number of aryl methyl sites for hydroxylation is 2. The fraction of sp³-hybridized carbons (Fsp3) is 0.474. The van der Waals surface area contributed by atoms with Crippen molar-refractivity contribution in [3.05, 3.63) is 119 Å². The Morgan fingerprint density at radius 3 is 1.34 bits per heavy atom. The molecule has 3 aromatic carbocycles. The van der Waals surface area contributed by atoms with Crippen LogP contribution in [-0.2, 0) is 39.0 Å². The molecule has 6 nitrogen and oxygen atoms in total. The molecule has 4 N–H and O–H groups in total. The van der Waals surface area contributed by atoms with E-state index >= 15 is 0 Å². The molecule has 0 fully saturated rings. The summed E-state index contributed by atoms with van der Waals surface area (Å²) in [4.78, 5) is 5.06. The highest BCUT2D eigenvalue weighted by molar-refractivity contribution is 5.24. The van der Waals surface area contributed by atoms with E-state index < -0.39 is 0 Å². The van der Waals surface area contributed by atoms with E-state index in [2.05, 4.69) is 110 Å². The summed E-state index contributed by atoms with van der Waals surface area (Å²) in [6.07, 6.45) is 7.09. The highest BCUT2D eigenvalue weighted by Gasteiger charge is 2.10. The van der Waals surface area contributed by atoms with Gasteiger partial charge in [-0.3, -0.25) is 0 Å². The molecule has 44 heavy (non-hydrogen) atoms. The fourth-order valence-electron chi connectivity index (χ4n) is 6.14. The quantitative estimate of drug-likeness (QED) is 0.288. The van der Waals surface area contributed by atoms with Crippen LogP contribution in [0.25, 0.3) is 0 Å². The summed E-state index contributed by atoms with van der Waals surface area (Å²) in [7, 11) is 0. The second kappa shape index (κ2) is 18.0. The van der Waals surface area contributed by atoms with Gasteiger partial charge in [-0.2, -0.15) is 0 Å². The lowest BCUT2D eigenvalue weighted by Gasteiger charge is -2.28. The maximum Gasteiger partial charge on any atom is 0.0941 e. The molecule has 1 atom stereocenters. The van der Waals surface area contributed by atoms with Gasteiger partial charge in [-0.25, -0.2) is 0 Å². The highest BCUT2D eigenvalue weighted by atomic mass is 15.2. The molecule has 0 saturated carbocycles. The van der Waals surface area contributed by atoms with Crippen LogP contribution in [0.15, 0.2) is 85.2 Å². The van der Waals surface area contributed by atoms with Crippen LogP contribution < -0.4 is 21.3 Å². The fourth-order valence-corrected chi connectivity index (χ4v) is 6.14. The Morgan fingerprint density at radius 2 is 0.841 bits per heavy atom. The van der Waals surface area contributed by atoms with Crippen molar-refractivity contribution in [3.8, 4) is 0 Å². The molecule has 0 amide bonds. The normalized spacial score (nSPS) is 20.6. The predicted octanol–water partition coefficient (Wildman–Crippen LogP) is 5.19. The van der Waals surface area contributed by atoms with Gasteiger partial charge in [0.05, 0.1) is 5.82 Å². The topological polar surface area (TPSA) is 54.6 Å². The second-order valence-electron chi connectivity index (χ2n) is 12.5. The molecule has 8 aliphatic rings. The minimum absolute atomic E-state index is 0.790. The molecule has 0 saturated heterocycles. The van der Waals surface area contributed by atoms with Gasteiger partial charge in [-0.15, -0.1) is 0 Å². The summed E-state index contributed by atoms with van der Waals surface area (Å²) in [6, 6.07) is 27.5. The summed E-state index contributed by atoms with van der Waals surface area (Å²) in [5.41, 5.74) is 8.22. The van der Waals surface area contributed by atoms with Gasteiger partial charge in [0, 0.05) is 72.0 Å². The first-order valence-corrected chi connectivity index (χ1v) is 17.0. The maximum absolute atomic E-state index is 4.46. The van der Waals surface area contributed by atoms with Gasteiger partial charge in [0.1, 0.15) is 0 Å². The van der Waals surface area contributed by atoms with Crippen molar-refractivity contribution in [2.75, 3.05) is 52.4 Å². The van der Waals surface area contributed by atoms with Gasteiger partial charge in [0.15, 0.2) is 0 Å². The van der Waals surface area contributed by atoms with Gasteiger partial charge < -0.3 is 31.1 Å². The molecule has 8 aliphatic heterocycles. The standard InChI is InChI=1S/C38H54N6/c1-32-42-31-38-18-16-37(17-19-38)29-40-21-26-43-23-4-2-6-33-8-10-34(11-9-33)7-3-5-24-44(32)27-22-41-30-36-14-12-35(13-15-36)28-39-20-25-43/h8-19,39-42H,1-7,20-31H2. The van der Waals surface area contributed by atoms with Gasteiger partial charge in [0.2, 0.25) is 0 Å². The summed E-state index contributed by atoms with van der Waals surface area (Å²) in [6.45, 7) is 16.1. The van der Waals surface area contributed by atoms with Crippen molar-refractivity contribution < 1.29 is 0 Å². The van der Waals surface area contributed by atoms with Gasteiger partial charge >= 0.3 is 0 Å². The van der Waals surface area contributed by atoms with E-state index in [1.807, 2.05) is 0 Å². The molecule has 0 aliphatic carbocycles. The van der Waals surface area contributed by atoms with Crippen molar-refractivity contribution in [2.24, 2.45) is 0 Å². The number of hydrogen-bond donors (Lipinski definition) is 4. The molecular formula is C38H54N6. The summed E-state index contributed by atoms with van der Waals surface area (Å²) in [5, 5.41) is 14.7. The molecule has 1 unspecified atom stereocenters. The molecule has 8 bridgehead atoms. The van der Waals surface area contributed by atoms with Crippen molar-refractivity contribution in [2.45, 2.75) is 64.7 Å². The van der Waals surface area contributed by atoms with Crippen molar-refractivity contribution in [1.29, 1.82) is 0 Å². The van der Waals surface area contributed by atoms with E-state index in [9.17, 15) is 0 Å². The van der Waals surface area contributed by atoms with Crippen molar-refractivity contribution in [1.82, 2.24) is 31.1 Å². The van der Waals surface area contributed by atoms with Crippen LogP contribution in [0, 0.1) is 0 Å². The summed E-state index contributed by atoms with van der Waals surface area (Å²) >= 11 is 0. The van der Waals surface area contributed by atoms with Crippen LogP contribution in [0.1, 0.15) is 59.1 Å². The third-order valence-corrected chi connectivity index (χ3v) is 9.04. The monoisotopic (exact) mass is 594 g/mol. The zero-order valence-corrected chi connectivity index (χ0v) is 26.8. The Hall–Kier alpha value is -3.16. The first kappa shape index (κ1) is 32.2. The molecule has 3 aromatic rings. The zero-order valence-electron chi connectivity index (χ0n) is 26.8. The largest absolute Gasteiger partial charge is 0.368 e. The third-order valence-electron chi connectivity index (χ3n) is 9.04. The number of nitrogens with zero attached hydrogens (tertiary/aromatic N) is 2. The lowest BCUT2D eigenvalue weighted by molar-refractivity contribution is 0.266. The number of hydrogen-bond acceptors (Lipinski definition) is 6. The average Bonchev–Trinajstić information content (AvgIpc) is 3.05. The molecule has 8 heterocycles. The lowest BCUT2D eigenvalue weighted by atomic mass is 10.0. The Kier molecular flexibility index (Phi) is 13.2. The second-order valence-corrected chi connectivity index (χ2v) is 12.5. The number of rotatable bonds is 0. The smallest absolute Gasteiger partial charge is 0.0941 e. The molecule has 6 heteroatoms. The third kappa shape index (κ3) is 11.1. The van der Waals surface area contributed by atoms with Gasteiger partial charge in [0.25, 0.3) is 0 Å². The molecule has 11 rings (SSSR count). The van der Waals surface area contributed by atoms with Crippen LogP contribution >= 0.6 is 0 Å². The maximum atomic E-state index is 4.46. The first-order chi connectivity index (χ1) is 21.7.